The van der Waals surface area contributed by atoms with E-state index >= 15 is 0 Å². The maximum absolute atomic E-state index is 12.2. The van der Waals surface area contributed by atoms with Crippen LogP contribution in [0.2, 0.25) is 5.02 Å². The number of para-hydroxylation sites is 1. The van der Waals surface area contributed by atoms with Gasteiger partial charge in [0.05, 0.1) is 22.9 Å². The summed E-state index contributed by atoms with van der Waals surface area (Å²) in [5, 5.41) is 5.16. The number of nitrogens with one attached hydrogen (secondary N) is 1. The van der Waals surface area contributed by atoms with Crippen LogP contribution < -0.4 is 10.9 Å². The van der Waals surface area contributed by atoms with Crippen LogP contribution in [-0.4, -0.2) is 33.8 Å². The van der Waals surface area contributed by atoms with Crippen LogP contribution in [0.1, 0.15) is 11.4 Å². The molecule has 0 radical (unpaired) electrons. The molecule has 0 fully saturated rings. The van der Waals surface area contributed by atoms with Crippen LogP contribution in [0, 0.1) is 6.92 Å². The normalized spacial score (nSPS) is 11.2. The highest BCUT2D eigenvalue weighted by Gasteiger charge is 2.12. The highest BCUT2D eigenvalue weighted by atomic mass is 35.5. The van der Waals surface area contributed by atoms with Crippen LogP contribution in [0.5, 0.6) is 0 Å². The first kappa shape index (κ1) is 17.6. The number of carbonyl (C=O) groups is 1. The summed E-state index contributed by atoms with van der Waals surface area (Å²) < 4.78 is 1.58. The minimum Gasteiger partial charge on any atom is -0.324 e. The van der Waals surface area contributed by atoms with Gasteiger partial charge in [-0.1, -0.05) is 23.7 Å². The molecule has 0 atom stereocenters. The molecular weight excluding hydrogens is 360 g/mol. The number of hydrogen-bond donors (Lipinski definition) is 1. The van der Waals surface area contributed by atoms with Gasteiger partial charge in [0.15, 0.2) is 4.96 Å². The lowest BCUT2D eigenvalue weighted by Crippen LogP contribution is -2.30. The maximum atomic E-state index is 12.2. The lowest BCUT2D eigenvalue weighted by atomic mass is 10.3. The lowest BCUT2D eigenvalue weighted by molar-refractivity contribution is -0.117. The van der Waals surface area contributed by atoms with Gasteiger partial charge in [-0.2, -0.15) is 0 Å². The Morgan fingerprint density at radius 1 is 1.40 bits per heavy atom. The number of rotatable bonds is 5. The molecule has 1 amide bonds. The molecule has 8 heteroatoms. The third kappa shape index (κ3) is 4.07. The Labute approximate surface area is 153 Å². The Morgan fingerprint density at radius 2 is 2.16 bits per heavy atom. The van der Waals surface area contributed by atoms with Crippen molar-refractivity contribution < 1.29 is 4.79 Å². The minimum absolute atomic E-state index is 0.104. The van der Waals surface area contributed by atoms with Gasteiger partial charge in [-0.25, -0.2) is 4.98 Å². The number of thiazole rings is 1. The first-order valence-corrected chi connectivity index (χ1v) is 8.89. The molecule has 2 heterocycles. The second kappa shape index (κ2) is 7.35. The zero-order chi connectivity index (χ0) is 18.0. The van der Waals surface area contributed by atoms with E-state index in [9.17, 15) is 9.59 Å². The van der Waals surface area contributed by atoms with Gasteiger partial charge in [0.25, 0.3) is 5.56 Å². The number of anilines is 1. The molecule has 130 valence electrons. The van der Waals surface area contributed by atoms with E-state index in [1.54, 1.807) is 40.6 Å². The van der Waals surface area contributed by atoms with Gasteiger partial charge in [-0.05, 0) is 26.1 Å². The predicted molar refractivity (Wildman–Crippen MR) is 100 cm³/mol. The fourth-order valence-corrected chi connectivity index (χ4v) is 3.59. The quantitative estimate of drug-likeness (QED) is 0.743. The topological polar surface area (TPSA) is 66.7 Å². The number of hydrogen-bond acceptors (Lipinski definition) is 5. The molecule has 1 N–H and O–H groups in total. The highest BCUT2D eigenvalue weighted by molar-refractivity contribution is 7.15. The second-order valence-corrected chi connectivity index (χ2v) is 7.02. The Kier molecular flexibility index (Phi) is 5.17. The van der Waals surface area contributed by atoms with Gasteiger partial charge in [0.1, 0.15) is 0 Å². The Hall–Kier alpha value is -2.22. The van der Waals surface area contributed by atoms with Crippen LogP contribution in [0.15, 0.2) is 40.5 Å². The fraction of sp³-hybridized carbons (Fsp3) is 0.235. The first-order valence-electron chi connectivity index (χ1n) is 7.64. The summed E-state index contributed by atoms with van der Waals surface area (Å²) in [5.74, 6) is -0.180. The molecule has 2 aromatic heterocycles. The molecule has 0 bridgehead atoms. The van der Waals surface area contributed by atoms with E-state index in [4.69, 9.17) is 11.6 Å². The van der Waals surface area contributed by atoms with E-state index < -0.39 is 0 Å². The van der Waals surface area contributed by atoms with E-state index in [-0.39, 0.29) is 18.0 Å². The standard InChI is InChI=1S/C17H17ClN4O2S/c1-11-10-25-17-19-12(7-16(24)22(11)17)8-21(2)9-15(23)20-14-6-4-3-5-13(14)18/h3-7,10H,8-9H2,1-2H3,(H,20,23). The number of aromatic nitrogens is 2. The molecule has 0 aliphatic rings. The number of fused-ring (bicyclic) bond motifs is 1. The Balaban J connectivity index is 1.66. The third-order valence-electron chi connectivity index (χ3n) is 3.62. The van der Waals surface area contributed by atoms with E-state index in [1.807, 2.05) is 12.3 Å². The van der Waals surface area contributed by atoms with Crippen molar-refractivity contribution in [3.63, 3.8) is 0 Å². The number of likely N-dealkylation sites (N-methyl/N-ethyl adjacent to an activating group) is 1. The van der Waals surface area contributed by atoms with Gasteiger partial charge in [0.2, 0.25) is 5.91 Å². The Morgan fingerprint density at radius 3 is 2.92 bits per heavy atom. The molecular formula is C17H17ClN4O2S. The van der Waals surface area contributed by atoms with E-state index in [2.05, 4.69) is 10.3 Å². The summed E-state index contributed by atoms with van der Waals surface area (Å²) in [6, 6.07) is 8.58. The molecule has 0 saturated carbocycles. The molecule has 0 saturated heterocycles. The molecule has 1 aromatic carbocycles. The van der Waals surface area contributed by atoms with Crippen molar-refractivity contribution in [2.45, 2.75) is 13.5 Å². The van der Waals surface area contributed by atoms with Crippen LogP contribution >= 0.6 is 22.9 Å². The van der Waals surface area contributed by atoms with Crippen molar-refractivity contribution in [3.8, 4) is 0 Å². The highest BCUT2D eigenvalue weighted by Crippen LogP contribution is 2.20. The van der Waals surface area contributed by atoms with Crippen molar-refractivity contribution >= 4 is 39.5 Å². The second-order valence-electron chi connectivity index (χ2n) is 5.78. The average Bonchev–Trinajstić information content (AvgIpc) is 2.91. The summed E-state index contributed by atoms with van der Waals surface area (Å²) in [6.45, 7) is 2.44. The third-order valence-corrected chi connectivity index (χ3v) is 4.90. The average molecular weight is 377 g/mol. The van der Waals surface area contributed by atoms with Gasteiger partial charge >= 0.3 is 0 Å². The van der Waals surface area contributed by atoms with Crippen LogP contribution in [-0.2, 0) is 11.3 Å². The number of halogens is 1. The Bertz CT molecular complexity index is 982. The predicted octanol–water partition coefficient (Wildman–Crippen LogP) is 2.79. The van der Waals surface area contributed by atoms with Crippen molar-refractivity contribution in [3.05, 3.63) is 62.5 Å². The monoisotopic (exact) mass is 376 g/mol. The van der Waals surface area contributed by atoms with E-state index in [0.717, 1.165) is 5.69 Å². The molecule has 0 spiro atoms. The molecule has 25 heavy (non-hydrogen) atoms. The number of aryl methyl sites for hydroxylation is 1. The zero-order valence-corrected chi connectivity index (χ0v) is 15.4. The van der Waals surface area contributed by atoms with Crippen LogP contribution in [0.25, 0.3) is 4.96 Å². The largest absolute Gasteiger partial charge is 0.324 e. The SMILES string of the molecule is Cc1csc2nc(CN(C)CC(=O)Nc3ccccc3Cl)cc(=O)n12. The summed E-state index contributed by atoms with van der Waals surface area (Å²) in [6.07, 6.45) is 0. The van der Waals surface area contributed by atoms with Gasteiger partial charge in [0, 0.05) is 23.7 Å². The van der Waals surface area contributed by atoms with Crippen molar-refractivity contribution in [2.75, 3.05) is 18.9 Å². The molecule has 3 aromatic rings. The fourth-order valence-electron chi connectivity index (χ4n) is 2.51. The molecule has 0 aliphatic heterocycles. The van der Waals surface area contributed by atoms with Gasteiger partial charge in [-0.3, -0.25) is 18.9 Å². The van der Waals surface area contributed by atoms with E-state index in [0.29, 0.717) is 27.9 Å². The van der Waals surface area contributed by atoms with Crippen LogP contribution in [0.4, 0.5) is 5.69 Å². The zero-order valence-electron chi connectivity index (χ0n) is 13.8. The smallest absolute Gasteiger partial charge is 0.259 e. The first-order chi connectivity index (χ1) is 11.9. The van der Waals surface area contributed by atoms with Crippen molar-refractivity contribution in [1.82, 2.24) is 14.3 Å². The number of carbonyl (C=O) groups excluding carboxylic acids is 1. The summed E-state index contributed by atoms with van der Waals surface area (Å²) in [7, 11) is 1.80. The minimum atomic E-state index is -0.180. The van der Waals surface area contributed by atoms with Crippen molar-refractivity contribution in [1.29, 1.82) is 0 Å². The lowest BCUT2D eigenvalue weighted by Gasteiger charge is -2.16. The number of amides is 1. The number of benzene rings is 1. The molecule has 6 nitrogen and oxygen atoms in total. The molecule has 0 unspecified atom stereocenters. The summed E-state index contributed by atoms with van der Waals surface area (Å²) >= 11 is 7.46. The van der Waals surface area contributed by atoms with Crippen LogP contribution in [0.3, 0.4) is 0 Å². The van der Waals surface area contributed by atoms with E-state index in [1.165, 1.54) is 17.4 Å². The van der Waals surface area contributed by atoms with Crippen molar-refractivity contribution in [2.24, 2.45) is 0 Å². The molecule has 3 rings (SSSR count). The number of nitrogens with zero attached hydrogens (tertiary/aromatic N) is 3. The van der Waals surface area contributed by atoms with Gasteiger partial charge < -0.3 is 5.32 Å². The summed E-state index contributed by atoms with van der Waals surface area (Å²) in [4.78, 5) is 31.3. The van der Waals surface area contributed by atoms with Gasteiger partial charge in [-0.15, -0.1) is 11.3 Å². The maximum Gasteiger partial charge on any atom is 0.259 e. The molecule has 0 aliphatic carbocycles. The summed E-state index contributed by atoms with van der Waals surface area (Å²) in [5.41, 5.74) is 1.98.